The Morgan fingerprint density at radius 2 is 1.16 bits per heavy atom. The third-order valence-electron chi connectivity index (χ3n) is 4.79. The third kappa shape index (κ3) is 5.12. The standard InChI is InChI=1S/C26H18F3OPS/c27-26(28,29)20-17-15-19(16-18-20)25(30)32-24-14-8-7-13-23(24)31(21-9-3-1-4-10-21)22-11-5-2-6-12-22/h1-18H. The van der Waals surface area contributed by atoms with Crippen molar-refractivity contribution in [2.24, 2.45) is 0 Å². The van der Waals surface area contributed by atoms with Gasteiger partial charge in [-0.1, -0.05) is 78.9 Å². The van der Waals surface area contributed by atoms with E-state index in [-0.39, 0.29) is 10.7 Å². The van der Waals surface area contributed by atoms with Crippen molar-refractivity contribution in [1.82, 2.24) is 0 Å². The van der Waals surface area contributed by atoms with Crippen molar-refractivity contribution in [2.45, 2.75) is 11.1 Å². The zero-order chi connectivity index (χ0) is 22.6. The fraction of sp³-hybridized carbons (Fsp3) is 0.0385. The molecule has 4 aromatic carbocycles. The normalized spacial score (nSPS) is 11.5. The van der Waals surface area contributed by atoms with Crippen LogP contribution in [0.5, 0.6) is 0 Å². The van der Waals surface area contributed by atoms with E-state index in [1.807, 2.05) is 60.7 Å². The highest BCUT2D eigenvalue weighted by atomic mass is 32.2. The number of halogens is 3. The van der Waals surface area contributed by atoms with Gasteiger partial charge in [-0.3, -0.25) is 4.79 Å². The highest BCUT2D eigenvalue weighted by Gasteiger charge is 2.30. The number of alkyl halides is 3. The maximum atomic E-state index is 12.9. The Bertz CT molecular complexity index is 1150. The molecular formula is C26H18F3OPS. The van der Waals surface area contributed by atoms with Crippen molar-refractivity contribution in [3.05, 3.63) is 120 Å². The Kier molecular flexibility index (Phi) is 6.78. The Morgan fingerprint density at radius 3 is 1.69 bits per heavy atom. The summed E-state index contributed by atoms with van der Waals surface area (Å²) in [5.41, 5.74) is -0.530. The Morgan fingerprint density at radius 1 is 0.656 bits per heavy atom. The molecule has 0 bridgehead atoms. The first-order chi connectivity index (χ1) is 15.4. The molecule has 4 aromatic rings. The topological polar surface area (TPSA) is 17.1 Å². The van der Waals surface area contributed by atoms with Gasteiger partial charge in [0, 0.05) is 10.5 Å². The number of rotatable bonds is 5. The van der Waals surface area contributed by atoms with Gasteiger partial charge in [-0.2, -0.15) is 13.2 Å². The summed E-state index contributed by atoms with van der Waals surface area (Å²) < 4.78 is 38.5. The lowest BCUT2D eigenvalue weighted by atomic mass is 10.1. The van der Waals surface area contributed by atoms with E-state index < -0.39 is 19.7 Å². The third-order valence-corrected chi connectivity index (χ3v) is 8.43. The molecule has 0 saturated heterocycles. The van der Waals surface area contributed by atoms with Crippen LogP contribution in [-0.2, 0) is 6.18 Å². The number of hydrogen-bond acceptors (Lipinski definition) is 2. The molecule has 0 heterocycles. The number of benzene rings is 4. The highest BCUT2D eigenvalue weighted by molar-refractivity contribution is 8.14. The average molecular weight is 466 g/mol. The summed E-state index contributed by atoms with van der Waals surface area (Å²) in [4.78, 5) is 13.7. The van der Waals surface area contributed by atoms with E-state index in [0.717, 1.165) is 44.7 Å². The molecular weight excluding hydrogens is 448 g/mol. The van der Waals surface area contributed by atoms with Gasteiger partial charge in [0.1, 0.15) is 0 Å². The van der Waals surface area contributed by atoms with Gasteiger partial charge in [-0.15, -0.1) is 0 Å². The molecule has 0 unspecified atom stereocenters. The molecule has 0 spiro atoms. The molecule has 0 aliphatic rings. The molecule has 0 fully saturated rings. The van der Waals surface area contributed by atoms with E-state index in [2.05, 4.69) is 24.3 Å². The van der Waals surface area contributed by atoms with E-state index in [1.54, 1.807) is 0 Å². The molecule has 0 atom stereocenters. The molecule has 0 aliphatic heterocycles. The van der Waals surface area contributed by atoms with Crippen LogP contribution in [0.2, 0.25) is 0 Å². The van der Waals surface area contributed by atoms with Crippen molar-refractivity contribution in [1.29, 1.82) is 0 Å². The smallest absolute Gasteiger partial charge is 0.281 e. The zero-order valence-electron chi connectivity index (χ0n) is 16.8. The van der Waals surface area contributed by atoms with Crippen molar-refractivity contribution in [2.75, 3.05) is 0 Å². The maximum Gasteiger partial charge on any atom is 0.416 e. The fourth-order valence-electron chi connectivity index (χ4n) is 3.26. The summed E-state index contributed by atoms with van der Waals surface area (Å²) in [7, 11) is -0.909. The molecule has 0 radical (unpaired) electrons. The Balaban J connectivity index is 1.69. The van der Waals surface area contributed by atoms with Crippen LogP contribution in [-0.4, -0.2) is 5.12 Å². The lowest BCUT2D eigenvalue weighted by Gasteiger charge is -2.21. The van der Waals surface area contributed by atoms with E-state index in [4.69, 9.17) is 0 Å². The van der Waals surface area contributed by atoms with Gasteiger partial charge in [0.2, 0.25) is 5.12 Å². The SMILES string of the molecule is O=C(Sc1ccccc1P(c1ccccc1)c1ccccc1)c1ccc(C(F)(F)F)cc1. The second-order valence-electron chi connectivity index (χ2n) is 6.94. The molecule has 0 aromatic heterocycles. The highest BCUT2D eigenvalue weighted by Crippen LogP contribution is 2.37. The molecule has 160 valence electrons. The van der Waals surface area contributed by atoms with Crippen LogP contribution in [0.1, 0.15) is 15.9 Å². The number of carbonyl (C=O) groups is 1. The predicted molar refractivity (Wildman–Crippen MR) is 127 cm³/mol. The Labute approximate surface area is 190 Å². The largest absolute Gasteiger partial charge is 0.416 e. The van der Waals surface area contributed by atoms with Crippen LogP contribution in [0.15, 0.2) is 114 Å². The van der Waals surface area contributed by atoms with E-state index in [1.165, 1.54) is 12.1 Å². The van der Waals surface area contributed by atoms with Gasteiger partial charge in [-0.05, 0) is 65.9 Å². The molecule has 6 heteroatoms. The van der Waals surface area contributed by atoms with Gasteiger partial charge in [-0.25, -0.2) is 0 Å². The van der Waals surface area contributed by atoms with Gasteiger partial charge in [0.25, 0.3) is 0 Å². The number of thioether (sulfide) groups is 1. The molecule has 1 nitrogen and oxygen atoms in total. The van der Waals surface area contributed by atoms with Crippen LogP contribution in [0.25, 0.3) is 0 Å². The average Bonchev–Trinajstić information content (AvgIpc) is 2.81. The van der Waals surface area contributed by atoms with E-state index in [9.17, 15) is 18.0 Å². The second-order valence-corrected chi connectivity index (χ2v) is 10.1. The number of hydrogen-bond donors (Lipinski definition) is 0. The van der Waals surface area contributed by atoms with Gasteiger partial charge < -0.3 is 0 Å². The summed E-state index contributed by atoms with van der Waals surface area (Å²) in [6, 6.07) is 32.3. The van der Waals surface area contributed by atoms with Crippen LogP contribution in [0.4, 0.5) is 13.2 Å². The van der Waals surface area contributed by atoms with Crippen molar-refractivity contribution < 1.29 is 18.0 Å². The predicted octanol–water partition coefficient (Wildman–Crippen LogP) is 6.40. The van der Waals surface area contributed by atoms with Crippen molar-refractivity contribution >= 4 is 40.7 Å². The zero-order valence-corrected chi connectivity index (χ0v) is 18.5. The molecule has 0 saturated carbocycles. The molecule has 32 heavy (non-hydrogen) atoms. The molecule has 0 N–H and O–H groups in total. The summed E-state index contributed by atoms with van der Waals surface area (Å²) in [5.74, 6) is 0. The summed E-state index contributed by atoms with van der Waals surface area (Å²) in [6.07, 6.45) is -4.43. The quantitative estimate of drug-likeness (QED) is 0.250. The summed E-state index contributed by atoms with van der Waals surface area (Å²) in [6.45, 7) is 0. The number of carbonyl (C=O) groups excluding carboxylic acids is 1. The van der Waals surface area contributed by atoms with Gasteiger partial charge in [0.05, 0.1) is 5.56 Å². The molecule has 0 aliphatic carbocycles. The summed E-state index contributed by atoms with van der Waals surface area (Å²) in [5, 5.41) is 3.06. The Hall–Kier alpha value is -2.88. The minimum Gasteiger partial charge on any atom is -0.281 e. The van der Waals surface area contributed by atoms with Crippen molar-refractivity contribution in [3.8, 4) is 0 Å². The second kappa shape index (κ2) is 9.72. The van der Waals surface area contributed by atoms with Crippen LogP contribution >= 0.6 is 19.7 Å². The summed E-state index contributed by atoms with van der Waals surface area (Å²) >= 11 is 1.05. The van der Waals surface area contributed by atoms with Crippen LogP contribution < -0.4 is 15.9 Å². The monoisotopic (exact) mass is 466 g/mol. The van der Waals surface area contributed by atoms with Gasteiger partial charge in [0.15, 0.2) is 0 Å². The fourth-order valence-corrected chi connectivity index (χ4v) is 6.77. The van der Waals surface area contributed by atoms with Crippen LogP contribution in [0.3, 0.4) is 0 Å². The molecule has 0 amide bonds. The van der Waals surface area contributed by atoms with Crippen molar-refractivity contribution in [3.63, 3.8) is 0 Å². The minimum absolute atomic E-state index is 0.238. The lowest BCUT2D eigenvalue weighted by molar-refractivity contribution is -0.137. The van der Waals surface area contributed by atoms with E-state index >= 15 is 0 Å². The lowest BCUT2D eigenvalue weighted by Crippen LogP contribution is -2.22. The van der Waals surface area contributed by atoms with E-state index in [0.29, 0.717) is 0 Å². The first-order valence-electron chi connectivity index (χ1n) is 9.82. The minimum atomic E-state index is -4.43. The maximum absolute atomic E-state index is 12.9. The van der Waals surface area contributed by atoms with Gasteiger partial charge >= 0.3 is 6.18 Å². The molecule has 4 rings (SSSR count). The van der Waals surface area contributed by atoms with Crippen LogP contribution in [0, 0.1) is 0 Å². The first kappa shape index (κ1) is 22.3. The first-order valence-corrected chi connectivity index (χ1v) is 12.0.